The maximum absolute atomic E-state index is 13.6. The van der Waals surface area contributed by atoms with Crippen LogP contribution in [0, 0.1) is 6.92 Å². The van der Waals surface area contributed by atoms with Gasteiger partial charge in [-0.2, -0.15) is 0 Å². The van der Waals surface area contributed by atoms with Gasteiger partial charge in [0.05, 0.1) is 10.4 Å². The number of aromatic nitrogens is 2. The second-order valence-electron chi connectivity index (χ2n) is 10.8. The summed E-state index contributed by atoms with van der Waals surface area (Å²) in [5.74, 6) is -1.10. The predicted molar refractivity (Wildman–Crippen MR) is 171 cm³/mol. The number of likely N-dealkylation sites (tertiary alicyclic amines) is 1. The van der Waals surface area contributed by atoms with Crippen molar-refractivity contribution in [3.05, 3.63) is 125 Å². The number of carboxylic acids is 1. The molecule has 1 saturated heterocycles. The Bertz CT molecular complexity index is 1810. The van der Waals surface area contributed by atoms with Crippen LogP contribution in [0.25, 0.3) is 21.0 Å². The van der Waals surface area contributed by atoms with Crippen LogP contribution in [0.2, 0.25) is 0 Å². The average molecular weight is 603 g/mol. The number of carbonyl (C=O) groups excluding carboxylic acids is 2. The van der Waals surface area contributed by atoms with Crippen molar-refractivity contribution in [2.75, 3.05) is 18.4 Å². The first-order valence-corrected chi connectivity index (χ1v) is 15.2. The molecule has 220 valence electrons. The summed E-state index contributed by atoms with van der Waals surface area (Å²) in [6.07, 6.45) is 5.01. The number of pyridine rings is 1. The summed E-state index contributed by atoms with van der Waals surface area (Å²) in [5, 5.41) is 12.8. The molecule has 5 aromatic rings. The van der Waals surface area contributed by atoms with Crippen molar-refractivity contribution in [1.29, 1.82) is 0 Å². The van der Waals surface area contributed by atoms with Crippen LogP contribution in [0.15, 0.2) is 97.3 Å². The molecule has 0 atom stereocenters. The molecule has 0 aliphatic carbocycles. The van der Waals surface area contributed by atoms with Crippen molar-refractivity contribution >= 4 is 34.8 Å². The molecule has 0 bridgehead atoms. The fourth-order valence-corrected chi connectivity index (χ4v) is 6.53. The number of aromatic carboxylic acids is 1. The summed E-state index contributed by atoms with van der Waals surface area (Å²) >= 11 is 1.44. The molecule has 1 aliphatic rings. The summed E-state index contributed by atoms with van der Waals surface area (Å²) in [6.45, 7) is 3.08. The van der Waals surface area contributed by atoms with E-state index in [9.17, 15) is 14.4 Å². The van der Waals surface area contributed by atoms with Crippen molar-refractivity contribution in [2.45, 2.75) is 25.7 Å². The lowest BCUT2D eigenvalue weighted by Crippen LogP contribution is -2.38. The Morgan fingerprint density at radius 1 is 0.909 bits per heavy atom. The minimum atomic E-state index is -0.941. The number of nitrogens with one attached hydrogen (secondary N) is 1. The van der Waals surface area contributed by atoms with E-state index in [1.54, 1.807) is 36.7 Å². The number of carbonyl (C=O) groups is 3. The third-order valence-corrected chi connectivity index (χ3v) is 9.08. The van der Waals surface area contributed by atoms with Gasteiger partial charge in [0.15, 0.2) is 0 Å². The van der Waals surface area contributed by atoms with Crippen LogP contribution in [-0.2, 0) is 0 Å². The number of hydrogen-bond donors (Lipinski definition) is 2. The summed E-state index contributed by atoms with van der Waals surface area (Å²) in [6, 6.07) is 25.8. The minimum Gasteiger partial charge on any atom is -0.478 e. The molecule has 0 unspecified atom stereocenters. The van der Waals surface area contributed by atoms with Crippen molar-refractivity contribution < 1.29 is 19.5 Å². The van der Waals surface area contributed by atoms with E-state index in [1.807, 2.05) is 72.5 Å². The van der Waals surface area contributed by atoms with Crippen molar-refractivity contribution in [3.63, 3.8) is 0 Å². The van der Waals surface area contributed by atoms with Gasteiger partial charge >= 0.3 is 5.97 Å². The van der Waals surface area contributed by atoms with Crippen LogP contribution >= 0.6 is 11.3 Å². The number of aryl methyl sites for hydroxylation is 1. The first kappa shape index (κ1) is 28.9. The van der Waals surface area contributed by atoms with Gasteiger partial charge in [-0.1, -0.05) is 48.5 Å². The Balaban J connectivity index is 1.18. The second-order valence-corrected chi connectivity index (χ2v) is 11.8. The number of rotatable bonds is 7. The first-order chi connectivity index (χ1) is 21.4. The van der Waals surface area contributed by atoms with Gasteiger partial charge in [-0.05, 0) is 78.8 Å². The molecule has 8 nitrogen and oxygen atoms in total. The summed E-state index contributed by atoms with van der Waals surface area (Å²) in [4.78, 5) is 50.0. The van der Waals surface area contributed by atoms with E-state index in [2.05, 4.69) is 10.3 Å². The molecule has 2 N–H and O–H groups in total. The van der Waals surface area contributed by atoms with E-state index in [0.717, 1.165) is 40.0 Å². The SMILES string of the molecule is Cc1ccc(NC(=O)c2nc(-c3cccnc3)sc2-c2ccccc2)cc1C(=O)N1CCC(c2ccc(C(=O)O)cc2)CC1. The molecule has 3 heterocycles. The van der Waals surface area contributed by atoms with E-state index in [1.165, 1.54) is 11.3 Å². The van der Waals surface area contributed by atoms with Gasteiger partial charge in [-0.15, -0.1) is 11.3 Å². The molecule has 1 aliphatic heterocycles. The highest BCUT2D eigenvalue weighted by atomic mass is 32.1. The molecule has 2 amide bonds. The summed E-state index contributed by atoms with van der Waals surface area (Å²) in [5.41, 5.74) is 5.29. The highest BCUT2D eigenvalue weighted by Crippen LogP contribution is 2.36. The van der Waals surface area contributed by atoms with E-state index < -0.39 is 5.97 Å². The van der Waals surface area contributed by atoms with E-state index in [0.29, 0.717) is 35.0 Å². The first-order valence-electron chi connectivity index (χ1n) is 14.4. The fraction of sp³-hybridized carbons (Fsp3) is 0.171. The van der Waals surface area contributed by atoms with Gasteiger partial charge in [0, 0.05) is 42.3 Å². The summed E-state index contributed by atoms with van der Waals surface area (Å²) < 4.78 is 0. The highest BCUT2D eigenvalue weighted by Gasteiger charge is 2.26. The number of benzene rings is 3. The molecule has 3 aromatic carbocycles. The number of thiazole rings is 1. The van der Waals surface area contributed by atoms with Crippen LogP contribution in [0.4, 0.5) is 5.69 Å². The van der Waals surface area contributed by atoms with Gasteiger partial charge in [0.1, 0.15) is 10.7 Å². The average Bonchev–Trinajstić information content (AvgIpc) is 3.52. The predicted octanol–water partition coefficient (Wildman–Crippen LogP) is 7.15. The molecule has 9 heteroatoms. The highest BCUT2D eigenvalue weighted by molar-refractivity contribution is 7.18. The molecule has 2 aromatic heterocycles. The molecule has 44 heavy (non-hydrogen) atoms. The Labute approximate surface area is 259 Å². The molecule has 0 saturated carbocycles. The smallest absolute Gasteiger partial charge is 0.335 e. The summed E-state index contributed by atoms with van der Waals surface area (Å²) in [7, 11) is 0. The molecule has 0 spiro atoms. The Morgan fingerprint density at radius 2 is 1.64 bits per heavy atom. The van der Waals surface area contributed by atoms with Gasteiger partial charge < -0.3 is 15.3 Å². The van der Waals surface area contributed by atoms with Crippen LogP contribution in [-0.4, -0.2) is 50.8 Å². The zero-order valence-electron chi connectivity index (χ0n) is 24.1. The number of carboxylic acid groups (broad SMARTS) is 1. The van der Waals surface area contributed by atoms with Crippen molar-refractivity contribution in [2.24, 2.45) is 0 Å². The van der Waals surface area contributed by atoms with Crippen LogP contribution in [0.3, 0.4) is 0 Å². The van der Waals surface area contributed by atoms with E-state index in [4.69, 9.17) is 10.1 Å². The molecular weight excluding hydrogens is 572 g/mol. The maximum atomic E-state index is 13.6. The molecule has 1 fully saturated rings. The zero-order valence-corrected chi connectivity index (χ0v) is 24.9. The van der Waals surface area contributed by atoms with Gasteiger partial charge in [0.2, 0.25) is 0 Å². The zero-order chi connectivity index (χ0) is 30.6. The van der Waals surface area contributed by atoms with Crippen LogP contribution < -0.4 is 5.32 Å². The topological polar surface area (TPSA) is 112 Å². The third-order valence-electron chi connectivity index (χ3n) is 7.92. The quantitative estimate of drug-likeness (QED) is 0.205. The molecular formula is C35H30N4O4S. The Hall–Kier alpha value is -5.15. The van der Waals surface area contributed by atoms with Gasteiger partial charge in [-0.3, -0.25) is 14.6 Å². The minimum absolute atomic E-state index is 0.0734. The number of amides is 2. The monoisotopic (exact) mass is 602 g/mol. The molecule has 6 rings (SSSR count). The number of piperidine rings is 1. The van der Waals surface area contributed by atoms with Gasteiger partial charge in [0.25, 0.3) is 11.8 Å². The maximum Gasteiger partial charge on any atom is 0.335 e. The third kappa shape index (κ3) is 6.14. The van der Waals surface area contributed by atoms with E-state index in [-0.39, 0.29) is 23.3 Å². The molecule has 0 radical (unpaired) electrons. The lowest BCUT2D eigenvalue weighted by Gasteiger charge is -2.32. The number of anilines is 1. The lowest BCUT2D eigenvalue weighted by atomic mass is 9.88. The Kier molecular flexibility index (Phi) is 8.29. The Morgan fingerprint density at radius 3 is 2.32 bits per heavy atom. The van der Waals surface area contributed by atoms with E-state index >= 15 is 0 Å². The largest absolute Gasteiger partial charge is 0.478 e. The standard InChI is InChI=1S/C35H30N4O4S/c1-22-9-14-28(20-29(22)34(41)39-18-15-24(16-19-39)23-10-12-26(13-11-23)35(42)43)37-32(40)30-31(25-6-3-2-4-7-25)44-33(38-30)27-8-5-17-36-21-27/h2-14,17,20-21,24H,15-16,18-19H2,1H3,(H,37,40)(H,42,43). The lowest BCUT2D eigenvalue weighted by molar-refractivity contribution is 0.0691. The second kappa shape index (κ2) is 12.6. The van der Waals surface area contributed by atoms with Crippen molar-refractivity contribution in [3.8, 4) is 21.0 Å². The number of hydrogen-bond acceptors (Lipinski definition) is 6. The fourth-order valence-electron chi connectivity index (χ4n) is 5.48. The van der Waals surface area contributed by atoms with Crippen LogP contribution in [0.5, 0.6) is 0 Å². The normalized spacial score (nSPS) is 13.4. The van der Waals surface area contributed by atoms with Crippen LogP contribution in [0.1, 0.15) is 61.1 Å². The van der Waals surface area contributed by atoms with Gasteiger partial charge in [-0.25, -0.2) is 9.78 Å². The van der Waals surface area contributed by atoms with Crippen molar-refractivity contribution in [1.82, 2.24) is 14.9 Å². The number of nitrogens with zero attached hydrogens (tertiary/aromatic N) is 3.